The van der Waals surface area contributed by atoms with Crippen LogP contribution in [0.1, 0.15) is 23.0 Å². The van der Waals surface area contributed by atoms with Gasteiger partial charge in [0.2, 0.25) is 0 Å². The maximum atomic E-state index is 12.8. The Morgan fingerprint density at radius 1 is 1.11 bits per heavy atom. The van der Waals surface area contributed by atoms with Gasteiger partial charge in [0, 0.05) is 6.20 Å². The highest BCUT2D eigenvalue weighted by Crippen LogP contribution is 2.27. The zero-order valence-electron chi connectivity index (χ0n) is 14.9. The summed E-state index contributed by atoms with van der Waals surface area (Å²) in [5, 5.41) is 14.5. The lowest BCUT2D eigenvalue weighted by molar-refractivity contribution is -0.114. The minimum Gasteiger partial charge on any atom is -0.478 e. The third-order valence-corrected chi connectivity index (χ3v) is 4.25. The van der Waals surface area contributed by atoms with Gasteiger partial charge in [-0.05, 0) is 61.5 Å². The summed E-state index contributed by atoms with van der Waals surface area (Å²) in [6.45, 7) is 1.73. The third kappa shape index (κ3) is 3.21. The number of carboxylic acids is 1. The molecule has 0 unspecified atom stereocenters. The molecule has 0 spiro atoms. The number of furan rings is 1. The Balaban J connectivity index is 1.60. The Hall–Kier alpha value is -4.00. The van der Waals surface area contributed by atoms with E-state index < -0.39 is 5.97 Å². The summed E-state index contributed by atoms with van der Waals surface area (Å²) in [6, 6.07) is 15.1. The van der Waals surface area contributed by atoms with Crippen molar-refractivity contribution in [3.8, 4) is 11.5 Å². The molecule has 28 heavy (non-hydrogen) atoms. The average molecular weight is 373 g/mol. The number of carboxylic acid groups (broad SMARTS) is 1. The minimum atomic E-state index is -1.03. The van der Waals surface area contributed by atoms with Crippen molar-refractivity contribution in [1.82, 2.24) is 4.98 Å². The fourth-order valence-electron chi connectivity index (χ4n) is 2.82. The molecule has 0 saturated heterocycles. The maximum Gasteiger partial charge on any atom is 0.335 e. The van der Waals surface area contributed by atoms with Crippen LogP contribution in [0.4, 0.5) is 5.69 Å². The zero-order valence-corrected chi connectivity index (χ0v) is 14.9. The van der Waals surface area contributed by atoms with Crippen LogP contribution in [0, 0.1) is 0 Å². The van der Waals surface area contributed by atoms with E-state index in [0.717, 1.165) is 0 Å². The highest BCUT2D eigenvalue weighted by atomic mass is 16.4. The first kappa shape index (κ1) is 17.4. The second kappa shape index (κ2) is 6.96. The largest absolute Gasteiger partial charge is 0.478 e. The number of rotatable bonds is 4. The third-order valence-electron chi connectivity index (χ3n) is 4.25. The van der Waals surface area contributed by atoms with E-state index in [1.165, 1.54) is 17.1 Å². The van der Waals surface area contributed by atoms with Crippen LogP contribution in [-0.2, 0) is 4.79 Å². The molecule has 3 aromatic rings. The molecule has 1 amide bonds. The lowest BCUT2D eigenvalue weighted by Gasteiger charge is -2.11. The Labute approximate surface area is 160 Å². The number of hydrazone groups is 1. The van der Waals surface area contributed by atoms with Gasteiger partial charge < -0.3 is 9.52 Å². The molecule has 1 N–H and O–H groups in total. The highest BCUT2D eigenvalue weighted by molar-refractivity contribution is 6.32. The van der Waals surface area contributed by atoms with Crippen molar-refractivity contribution in [2.45, 2.75) is 6.92 Å². The SMILES string of the molecule is CC1=NN(c2ccc(C(=O)O)cc2)C(=O)/C1=C\c1ccc(-c2ccccn2)o1. The van der Waals surface area contributed by atoms with Gasteiger partial charge in [0.1, 0.15) is 11.5 Å². The van der Waals surface area contributed by atoms with Gasteiger partial charge in [-0.3, -0.25) is 9.78 Å². The molecule has 0 saturated carbocycles. The smallest absolute Gasteiger partial charge is 0.335 e. The first-order valence-corrected chi connectivity index (χ1v) is 8.49. The molecule has 1 aromatic carbocycles. The molecule has 0 aliphatic carbocycles. The van der Waals surface area contributed by atoms with Crippen LogP contribution in [0.25, 0.3) is 17.5 Å². The van der Waals surface area contributed by atoms with Crippen molar-refractivity contribution in [2.75, 3.05) is 5.01 Å². The summed E-state index contributed by atoms with van der Waals surface area (Å²) in [6.07, 6.45) is 3.32. The van der Waals surface area contributed by atoms with E-state index in [1.807, 2.05) is 18.2 Å². The molecule has 1 aliphatic rings. The van der Waals surface area contributed by atoms with E-state index in [4.69, 9.17) is 9.52 Å². The second-order valence-electron chi connectivity index (χ2n) is 6.13. The summed E-state index contributed by atoms with van der Waals surface area (Å²) in [5.74, 6) is -0.215. The molecule has 1 aliphatic heterocycles. The molecule has 138 valence electrons. The molecular formula is C21H15N3O4. The molecule has 4 rings (SSSR count). The van der Waals surface area contributed by atoms with Gasteiger partial charge in [-0.25, -0.2) is 4.79 Å². The molecule has 0 fully saturated rings. The summed E-state index contributed by atoms with van der Waals surface area (Å²) >= 11 is 0. The van der Waals surface area contributed by atoms with Crippen molar-refractivity contribution in [1.29, 1.82) is 0 Å². The number of nitrogens with zero attached hydrogens (tertiary/aromatic N) is 3. The molecule has 7 nitrogen and oxygen atoms in total. The quantitative estimate of drug-likeness (QED) is 0.701. The summed E-state index contributed by atoms with van der Waals surface area (Å²) < 4.78 is 5.78. The maximum absolute atomic E-state index is 12.8. The zero-order chi connectivity index (χ0) is 19.7. The van der Waals surface area contributed by atoms with Gasteiger partial charge in [0.05, 0.1) is 22.5 Å². The second-order valence-corrected chi connectivity index (χ2v) is 6.13. The molecular weight excluding hydrogens is 358 g/mol. The number of hydrogen-bond donors (Lipinski definition) is 1. The fraction of sp³-hybridized carbons (Fsp3) is 0.0476. The predicted octanol–water partition coefficient (Wildman–Crippen LogP) is 3.85. The van der Waals surface area contributed by atoms with Crippen LogP contribution in [-0.4, -0.2) is 27.7 Å². The minimum absolute atomic E-state index is 0.143. The Kier molecular flexibility index (Phi) is 4.33. The number of carbonyl (C=O) groups excluding carboxylic acids is 1. The normalized spacial score (nSPS) is 15.2. The average Bonchev–Trinajstić information content (AvgIpc) is 3.29. The van der Waals surface area contributed by atoms with Crippen LogP contribution in [0.2, 0.25) is 0 Å². The van der Waals surface area contributed by atoms with Gasteiger partial charge in [0.25, 0.3) is 5.91 Å². The van der Waals surface area contributed by atoms with Crippen molar-refractivity contribution in [3.05, 3.63) is 77.7 Å². The molecule has 0 atom stereocenters. The number of benzene rings is 1. The van der Waals surface area contributed by atoms with Crippen LogP contribution in [0.15, 0.2) is 75.9 Å². The van der Waals surface area contributed by atoms with Gasteiger partial charge in [0.15, 0.2) is 5.76 Å². The van der Waals surface area contributed by atoms with Crippen molar-refractivity contribution < 1.29 is 19.1 Å². The van der Waals surface area contributed by atoms with Crippen LogP contribution < -0.4 is 5.01 Å². The molecule has 2 aromatic heterocycles. The van der Waals surface area contributed by atoms with E-state index in [-0.39, 0.29) is 11.5 Å². The first-order valence-electron chi connectivity index (χ1n) is 8.49. The van der Waals surface area contributed by atoms with Gasteiger partial charge in [-0.15, -0.1) is 0 Å². The number of amides is 1. The molecule has 0 bridgehead atoms. The molecule has 0 radical (unpaired) electrons. The fourth-order valence-corrected chi connectivity index (χ4v) is 2.82. The van der Waals surface area contributed by atoms with E-state index in [2.05, 4.69) is 10.1 Å². The Morgan fingerprint density at radius 2 is 1.89 bits per heavy atom. The van der Waals surface area contributed by atoms with E-state index in [9.17, 15) is 9.59 Å². The molecule has 3 heterocycles. The van der Waals surface area contributed by atoms with E-state index in [0.29, 0.717) is 34.2 Å². The number of carbonyl (C=O) groups is 2. The van der Waals surface area contributed by atoms with E-state index in [1.54, 1.807) is 43.5 Å². The van der Waals surface area contributed by atoms with E-state index >= 15 is 0 Å². The number of aromatic nitrogens is 1. The van der Waals surface area contributed by atoms with Crippen molar-refractivity contribution >= 4 is 29.4 Å². The van der Waals surface area contributed by atoms with Gasteiger partial charge in [-0.1, -0.05) is 6.07 Å². The number of pyridine rings is 1. The summed E-state index contributed by atoms with van der Waals surface area (Å²) in [7, 11) is 0. The number of hydrogen-bond acceptors (Lipinski definition) is 5. The number of anilines is 1. The Morgan fingerprint density at radius 3 is 2.57 bits per heavy atom. The van der Waals surface area contributed by atoms with Gasteiger partial charge >= 0.3 is 5.97 Å². The highest BCUT2D eigenvalue weighted by Gasteiger charge is 2.29. The van der Waals surface area contributed by atoms with Gasteiger partial charge in [-0.2, -0.15) is 10.1 Å². The number of aromatic carboxylic acids is 1. The predicted molar refractivity (Wildman–Crippen MR) is 104 cm³/mol. The monoisotopic (exact) mass is 373 g/mol. The van der Waals surface area contributed by atoms with Crippen LogP contribution in [0.3, 0.4) is 0 Å². The van der Waals surface area contributed by atoms with Crippen LogP contribution >= 0.6 is 0 Å². The summed E-state index contributed by atoms with van der Waals surface area (Å²) in [5.41, 5.74) is 2.29. The lowest BCUT2D eigenvalue weighted by atomic mass is 10.1. The lowest BCUT2D eigenvalue weighted by Crippen LogP contribution is -2.21. The topological polar surface area (TPSA) is 96.0 Å². The van der Waals surface area contributed by atoms with Crippen LogP contribution in [0.5, 0.6) is 0 Å². The standard InChI is InChI=1S/C21H15N3O4/c1-13-17(12-16-9-10-19(28-16)18-4-2-3-11-22-18)20(25)24(23-13)15-7-5-14(6-8-15)21(26)27/h2-12H,1H3,(H,26,27)/b17-12-. The Bertz CT molecular complexity index is 1110. The first-order chi connectivity index (χ1) is 13.5. The molecule has 7 heteroatoms. The van der Waals surface area contributed by atoms with Crippen molar-refractivity contribution in [2.24, 2.45) is 5.10 Å². The summed E-state index contributed by atoms with van der Waals surface area (Å²) in [4.78, 5) is 28.0. The van der Waals surface area contributed by atoms with Crippen molar-refractivity contribution in [3.63, 3.8) is 0 Å².